The van der Waals surface area contributed by atoms with Crippen LogP contribution in [-0.4, -0.2) is 51.4 Å². The molecule has 0 aromatic heterocycles. The lowest BCUT2D eigenvalue weighted by molar-refractivity contribution is 0.0527. The second-order valence-corrected chi connectivity index (χ2v) is 6.81. The molecular weight excluding hydrogens is 459 g/mol. The molecule has 7 nitrogen and oxygen atoms in total. The van der Waals surface area contributed by atoms with E-state index < -0.39 is 5.60 Å². The van der Waals surface area contributed by atoms with Gasteiger partial charge in [0.2, 0.25) is 0 Å². The lowest BCUT2D eigenvalue weighted by Gasteiger charge is -2.19. The lowest BCUT2D eigenvalue weighted by Crippen LogP contribution is -2.40. The highest BCUT2D eigenvalue weighted by Crippen LogP contribution is 2.11. The summed E-state index contributed by atoms with van der Waals surface area (Å²) in [5, 5.41) is 9.23. The number of methoxy groups -OCH3 is 1. The molecule has 0 saturated carbocycles. The molecule has 1 amide bonds. The Morgan fingerprint density at radius 1 is 1.04 bits per heavy atom. The maximum atomic E-state index is 11.5. The fourth-order valence-corrected chi connectivity index (χ4v) is 2.14. The molecule has 0 atom stereocenters. The third kappa shape index (κ3) is 12.3. The Balaban J connectivity index is 0.00000676. The second-order valence-electron chi connectivity index (χ2n) is 6.81. The van der Waals surface area contributed by atoms with Gasteiger partial charge in [0.1, 0.15) is 11.4 Å². The van der Waals surface area contributed by atoms with E-state index in [-0.39, 0.29) is 30.1 Å². The monoisotopic (exact) mass is 492 g/mol. The van der Waals surface area contributed by atoms with E-state index in [9.17, 15) is 4.79 Å². The van der Waals surface area contributed by atoms with E-state index in [4.69, 9.17) is 9.47 Å². The molecule has 154 valence electrons. The Morgan fingerprint density at radius 2 is 1.63 bits per heavy atom. The number of hydrogen-bond acceptors (Lipinski definition) is 4. The topological polar surface area (TPSA) is 84.0 Å². The van der Waals surface area contributed by atoms with Gasteiger partial charge in [0, 0.05) is 26.7 Å². The Morgan fingerprint density at radius 3 is 2.19 bits per heavy atom. The maximum absolute atomic E-state index is 11.5. The Labute approximate surface area is 179 Å². The summed E-state index contributed by atoms with van der Waals surface area (Å²) in [5.74, 6) is 1.61. The largest absolute Gasteiger partial charge is 0.497 e. The van der Waals surface area contributed by atoms with E-state index in [0.29, 0.717) is 13.1 Å². The number of nitrogens with one attached hydrogen (secondary N) is 3. The van der Waals surface area contributed by atoms with Crippen molar-refractivity contribution in [2.75, 3.05) is 33.8 Å². The summed E-state index contributed by atoms with van der Waals surface area (Å²) in [6, 6.07) is 8.03. The van der Waals surface area contributed by atoms with Crippen molar-refractivity contribution in [3.05, 3.63) is 29.8 Å². The normalized spacial score (nSPS) is 11.2. The fourth-order valence-electron chi connectivity index (χ4n) is 2.14. The molecule has 1 aromatic rings. The molecule has 0 heterocycles. The molecule has 8 heteroatoms. The Hall–Kier alpha value is -1.71. The van der Waals surface area contributed by atoms with Gasteiger partial charge in [-0.05, 0) is 51.3 Å². The van der Waals surface area contributed by atoms with Gasteiger partial charge in [-0.1, -0.05) is 12.1 Å². The number of halogens is 1. The van der Waals surface area contributed by atoms with Crippen molar-refractivity contribution in [2.24, 2.45) is 4.99 Å². The van der Waals surface area contributed by atoms with Gasteiger partial charge in [0.15, 0.2) is 5.96 Å². The van der Waals surface area contributed by atoms with Crippen LogP contribution >= 0.6 is 24.0 Å². The molecule has 0 unspecified atom stereocenters. The van der Waals surface area contributed by atoms with E-state index in [1.54, 1.807) is 14.2 Å². The summed E-state index contributed by atoms with van der Waals surface area (Å²) in [5.41, 5.74) is 0.758. The van der Waals surface area contributed by atoms with E-state index in [1.165, 1.54) is 5.56 Å². The molecule has 0 spiro atoms. The number of rotatable bonds is 8. The van der Waals surface area contributed by atoms with Crippen molar-refractivity contribution in [2.45, 2.75) is 39.2 Å². The molecule has 0 bridgehead atoms. The first-order chi connectivity index (χ1) is 12.3. The molecule has 0 aliphatic heterocycles. The van der Waals surface area contributed by atoms with Gasteiger partial charge in [0.05, 0.1) is 7.11 Å². The predicted octanol–water partition coefficient (Wildman–Crippen LogP) is 2.94. The van der Waals surface area contributed by atoms with Crippen LogP contribution in [0.5, 0.6) is 5.75 Å². The maximum Gasteiger partial charge on any atom is 0.407 e. The first-order valence-corrected chi connectivity index (χ1v) is 8.88. The third-order valence-corrected chi connectivity index (χ3v) is 3.40. The van der Waals surface area contributed by atoms with Crippen molar-refractivity contribution in [1.29, 1.82) is 0 Å². The van der Waals surface area contributed by atoms with Crippen LogP contribution in [0.15, 0.2) is 29.3 Å². The van der Waals surface area contributed by atoms with Crippen molar-refractivity contribution < 1.29 is 14.3 Å². The first-order valence-electron chi connectivity index (χ1n) is 8.88. The van der Waals surface area contributed by atoms with Gasteiger partial charge in [-0.15, -0.1) is 24.0 Å². The van der Waals surface area contributed by atoms with Crippen LogP contribution in [0.25, 0.3) is 0 Å². The zero-order valence-corrected chi connectivity index (χ0v) is 19.3. The van der Waals surface area contributed by atoms with Crippen LogP contribution in [0.2, 0.25) is 0 Å². The lowest BCUT2D eigenvalue weighted by atomic mass is 10.1. The Kier molecular flexibility index (Phi) is 12.6. The third-order valence-electron chi connectivity index (χ3n) is 3.40. The number of carbonyl (C=O) groups excluding carboxylic acids is 1. The van der Waals surface area contributed by atoms with Crippen molar-refractivity contribution in [3.8, 4) is 5.75 Å². The van der Waals surface area contributed by atoms with Crippen molar-refractivity contribution in [1.82, 2.24) is 16.0 Å². The number of benzene rings is 1. The number of amides is 1. The number of hydrogen-bond donors (Lipinski definition) is 3. The van der Waals surface area contributed by atoms with E-state index in [0.717, 1.165) is 31.1 Å². The first kappa shape index (κ1) is 25.3. The average molecular weight is 492 g/mol. The molecular formula is C19H33IN4O3. The second kappa shape index (κ2) is 13.5. The fraction of sp³-hybridized carbons (Fsp3) is 0.579. The molecule has 0 aliphatic rings. The summed E-state index contributed by atoms with van der Waals surface area (Å²) in [6.07, 6.45) is 1.28. The molecule has 1 rings (SSSR count). The number of carbonyl (C=O) groups is 1. The van der Waals surface area contributed by atoms with Crippen molar-refractivity contribution in [3.63, 3.8) is 0 Å². The number of nitrogens with zero attached hydrogens (tertiary/aromatic N) is 1. The minimum Gasteiger partial charge on any atom is -0.497 e. The van der Waals surface area contributed by atoms with Crippen molar-refractivity contribution >= 4 is 36.0 Å². The zero-order valence-electron chi connectivity index (χ0n) is 16.9. The summed E-state index contributed by atoms with van der Waals surface area (Å²) in [4.78, 5) is 15.7. The summed E-state index contributed by atoms with van der Waals surface area (Å²) >= 11 is 0. The van der Waals surface area contributed by atoms with Gasteiger partial charge in [-0.3, -0.25) is 4.99 Å². The van der Waals surface area contributed by atoms with Crippen LogP contribution in [0.1, 0.15) is 32.8 Å². The van der Waals surface area contributed by atoms with E-state index in [2.05, 4.69) is 33.1 Å². The van der Waals surface area contributed by atoms with Gasteiger partial charge in [-0.25, -0.2) is 4.79 Å². The van der Waals surface area contributed by atoms with Crippen LogP contribution in [-0.2, 0) is 11.2 Å². The van der Waals surface area contributed by atoms with Gasteiger partial charge in [0.25, 0.3) is 0 Å². The van der Waals surface area contributed by atoms with Crippen LogP contribution in [0.4, 0.5) is 4.79 Å². The molecule has 3 N–H and O–H groups in total. The Bertz CT molecular complexity index is 571. The van der Waals surface area contributed by atoms with E-state index in [1.807, 2.05) is 32.9 Å². The zero-order chi connectivity index (χ0) is 19.4. The molecule has 0 radical (unpaired) electrons. The highest BCUT2D eigenvalue weighted by atomic mass is 127. The SMILES string of the molecule is CN=C(NCCCNC(=O)OC(C)(C)C)NCCc1ccc(OC)cc1.I. The predicted molar refractivity (Wildman–Crippen MR) is 120 cm³/mol. The quantitative estimate of drug-likeness (QED) is 0.225. The summed E-state index contributed by atoms with van der Waals surface area (Å²) < 4.78 is 10.3. The molecule has 0 fully saturated rings. The van der Waals surface area contributed by atoms with Crippen LogP contribution < -0.4 is 20.7 Å². The standard InChI is InChI=1S/C19H32N4O3.HI/c1-19(2,3)26-18(24)23-13-6-12-21-17(20-4)22-14-11-15-7-9-16(25-5)10-8-15;/h7-10H,6,11-14H2,1-5H3,(H,23,24)(H2,20,21,22);1H. The number of ether oxygens (including phenoxy) is 2. The smallest absolute Gasteiger partial charge is 0.407 e. The molecule has 27 heavy (non-hydrogen) atoms. The highest BCUT2D eigenvalue weighted by molar-refractivity contribution is 14.0. The van der Waals surface area contributed by atoms with Gasteiger partial charge >= 0.3 is 6.09 Å². The average Bonchev–Trinajstić information content (AvgIpc) is 2.59. The number of alkyl carbamates (subject to hydrolysis) is 1. The van der Waals surface area contributed by atoms with Gasteiger partial charge in [-0.2, -0.15) is 0 Å². The summed E-state index contributed by atoms with van der Waals surface area (Å²) in [6.45, 7) is 7.56. The van der Waals surface area contributed by atoms with Gasteiger partial charge < -0.3 is 25.4 Å². The van der Waals surface area contributed by atoms with Crippen LogP contribution in [0, 0.1) is 0 Å². The van der Waals surface area contributed by atoms with Crippen LogP contribution in [0.3, 0.4) is 0 Å². The molecule has 1 aromatic carbocycles. The minimum atomic E-state index is -0.474. The molecule has 0 saturated heterocycles. The highest BCUT2D eigenvalue weighted by Gasteiger charge is 2.15. The number of guanidine groups is 1. The minimum absolute atomic E-state index is 0. The number of aliphatic imine (C=N–C) groups is 1. The molecule has 0 aliphatic carbocycles. The summed E-state index contributed by atoms with van der Waals surface area (Å²) in [7, 11) is 3.40. The van der Waals surface area contributed by atoms with E-state index >= 15 is 0 Å².